The molecule has 0 aromatic heterocycles. The second-order valence-corrected chi connectivity index (χ2v) is 2.96. The fourth-order valence-corrected chi connectivity index (χ4v) is 1.06. The molecule has 62 valence electrons. The van der Waals surface area contributed by atoms with Crippen LogP contribution in [0.25, 0.3) is 0 Å². The van der Waals surface area contributed by atoms with Gasteiger partial charge in [-0.2, -0.15) is 0 Å². The summed E-state index contributed by atoms with van der Waals surface area (Å²) in [7, 11) is 0. The van der Waals surface area contributed by atoms with E-state index in [2.05, 4.69) is 13.8 Å². The number of rotatable bonds is 5. The Morgan fingerprint density at radius 1 is 1.20 bits per heavy atom. The van der Waals surface area contributed by atoms with Gasteiger partial charge >= 0.3 is 0 Å². The number of nitrogens with two attached hydrogens (primary N) is 2. The Hall–Kier alpha value is -0.0800. The van der Waals surface area contributed by atoms with Crippen molar-refractivity contribution < 1.29 is 0 Å². The lowest BCUT2D eigenvalue weighted by Crippen LogP contribution is -2.38. The van der Waals surface area contributed by atoms with E-state index in [4.69, 9.17) is 11.5 Å². The van der Waals surface area contributed by atoms with Gasteiger partial charge in [-0.1, -0.05) is 13.8 Å². The molecule has 0 radical (unpaired) electrons. The zero-order chi connectivity index (χ0) is 8.04. The molecule has 2 nitrogen and oxygen atoms in total. The summed E-state index contributed by atoms with van der Waals surface area (Å²) in [5, 5.41) is 0. The van der Waals surface area contributed by atoms with Gasteiger partial charge in [-0.15, -0.1) is 0 Å². The van der Waals surface area contributed by atoms with Crippen LogP contribution in [0.3, 0.4) is 0 Å². The summed E-state index contributed by atoms with van der Waals surface area (Å²) in [6.45, 7) is 5.04. The summed E-state index contributed by atoms with van der Waals surface area (Å²) < 4.78 is 0. The van der Waals surface area contributed by atoms with Gasteiger partial charge in [0.2, 0.25) is 0 Å². The predicted molar refractivity (Wildman–Crippen MR) is 45.8 cm³/mol. The van der Waals surface area contributed by atoms with E-state index in [1.807, 2.05) is 0 Å². The van der Waals surface area contributed by atoms with Crippen molar-refractivity contribution in [2.24, 2.45) is 11.5 Å². The highest BCUT2D eigenvalue weighted by atomic mass is 14.7. The minimum absolute atomic E-state index is 0.0549. The van der Waals surface area contributed by atoms with Gasteiger partial charge in [-0.25, -0.2) is 0 Å². The molecule has 0 fully saturated rings. The normalized spacial score (nSPS) is 12.0. The molecule has 0 rings (SSSR count). The molecule has 0 heterocycles. The molecule has 0 saturated carbocycles. The molecule has 4 N–H and O–H groups in total. The van der Waals surface area contributed by atoms with Crippen LogP contribution in [0.15, 0.2) is 0 Å². The van der Waals surface area contributed by atoms with Crippen molar-refractivity contribution in [2.45, 2.75) is 45.1 Å². The Kier molecular flexibility index (Phi) is 4.65. The van der Waals surface area contributed by atoms with Gasteiger partial charge in [-0.05, 0) is 32.2 Å². The summed E-state index contributed by atoms with van der Waals surface area (Å²) in [6, 6.07) is 0. The van der Waals surface area contributed by atoms with Gasteiger partial charge in [0, 0.05) is 5.54 Å². The summed E-state index contributed by atoms with van der Waals surface area (Å²) in [5.41, 5.74) is 11.5. The maximum atomic E-state index is 6.03. The first-order valence-electron chi connectivity index (χ1n) is 4.17. The molecule has 0 atom stereocenters. The van der Waals surface area contributed by atoms with Crippen molar-refractivity contribution in [1.82, 2.24) is 0 Å². The maximum Gasteiger partial charge on any atom is 0.0149 e. The predicted octanol–water partition coefficient (Wildman–Crippen LogP) is 1.24. The monoisotopic (exact) mass is 144 g/mol. The molecular weight excluding hydrogens is 124 g/mol. The van der Waals surface area contributed by atoms with Gasteiger partial charge in [-0.3, -0.25) is 0 Å². The molecule has 0 saturated heterocycles. The third-order valence-electron chi connectivity index (χ3n) is 2.29. The molecule has 0 aliphatic carbocycles. The zero-order valence-corrected chi connectivity index (χ0v) is 7.19. The van der Waals surface area contributed by atoms with Crippen LogP contribution in [0.2, 0.25) is 0 Å². The summed E-state index contributed by atoms with van der Waals surface area (Å²) in [5.74, 6) is 0. The van der Waals surface area contributed by atoms with Gasteiger partial charge in [0.05, 0.1) is 0 Å². The Labute approximate surface area is 64.0 Å². The minimum Gasteiger partial charge on any atom is -0.330 e. The third kappa shape index (κ3) is 3.18. The largest absolute Gasteiger partial charge is 0.330 e. The van der Waals surface area contributed by atoms with Crippen LogP contribution in [0.1, 0.15) is 39.5 Å². The van der Waals surface area contributed by atoms with E-state index in [-0.39, 0.29) is 5.54 Å². The van der Waals surface area contributed by atoms with E-state index >= 15 is 0 Å². The van der Waals surface area contributed by atoms with Crippen LogP contribution in [-0.2, 0) is 0 Å². The fraction of sp³-hybridized carbons (Fsp3) is 1.00. The highest BCUT2D eigenvalue weighted by Gasteiger charge is 2.18. The smallest absolute Gasteiger partial charge is 0.0149 e. The van der Waals surface area contributed by atoms with Crippen molar-refractivity contribution >= 4 is 0 Å². The number of hydrogen-bond acceptors (Lipinski definition) is 2. The molecule has 0 aromatic carbocycles. The Balaban J connectivity index is 3.58. The average molecular weight is 144 g/mol. The minimum atomic E-state index is 0.0549. The first kappa shape index (κ1) is 9.92. The Bertz CT molecular complexity index is 77.3. The van der Waals surface area contributed by atoms with Crippen LogP contribution in [0, 0.1) is 0 Å². The van der Waals surface area contributed by atoms with Crippen LogP contribution in [-0.4, -0.2) is 12.1 Å². The molecule has 0 spiro atoms. The van der Waals surface area contributed by atoms with Gasteiger partial charge in [0.25, 0.3) is 0 Å². The zero-order valence-electron chi connectivity index (χ0n) is 7.19. The average Bonchev–Trinajstić information content (AvgIpc) is 2.00. The molecule has 10 heavy (non-hydrogen) atoms. The van der Waals surface area contributed by atoms with Crippen LogP contribution < -0.4 is 11.5 Å². The van der Waals surface area contributed by atoms with E-state index < -0.39 is 0 Å². The molecule has 0 bridgehead atoms. The lowest BCUT2D eigenvalue weighted by atomic mass is 9.89. The van der Waals surface area contributed by atoms with Crippen LogP contribution in [0.5, 0.6) is 0 Å². The Morgan fingerprint density at radius 3 is 2.00 bits per heavy atom. The van der Waals surface area contributed by atoms with E-state index in [1.165, 1.54) is 0 Å². The molecule has 0 aliphatic heterocycles. The second-order valence-electron chi connectivity index (χ2n) is 2.96. The topological polar surface area (TPSA) is 52.0 Å². The van der Waals surface area contributed by atoms with E-state index in [1.54, 1.807) is 0 Å². The lowest BCUT2D eigenvalue weighted by Gasteiger charge is -2.26. The lowest BCUT2D eigenvalue weighted by molar-refractivity contribution is 0.359. The van der Waals surface area contributed by atoms with Crippen molar-refractivity contribution in [3.8, 4) is 0 Å². The summed E-state index contributed by atoms with van der Waals surface area (Å²) in [4.78, 5) is 0. The van der Waals surface area contributed by atoms with Gasteiger partial charge < -0.3 is 11.5 Å². The van der Waals surface area contributed by atoms with Crippen molar-refractivity contribution in [3.05, 3.63) is 0 Å². The standard InChI is InChI=1S/C8H20N2/c1-3-8(10,4-2)6-5-7-9/h3-7,9-10H2,1-2H3. The molecular formula is C8H20N2. The molecule has 0 unspecified atom stereocenters. The first-order valence-corrected chi connectivity index (χ1v) is 4.17. The Morgan fingerprint density at radius 2 is 1.70 bits per heavy atom. The van der Waals surface area contributed by atoms with Crippen LogP contribution in [0.4, 0.5) is 0 Å². The number of hydrogen-bond donors (Lipinski definition) is 2. The van der Waals surface area contributed by atoms with Crippen molar-refractivity contribution in [1.29, 1.82) is 0 Å². The second kappa shape index (κ2) is 4.69. The third-order valence-corrected chi connectivity index (χ3v) is 2.29. The molecule has 0 amide bonds. The molecule has 0 aromatic rings. The first-order chi connectivity index (χ1) is 4.68. The van der Waals surface area contributed by atoms with Crippen LogP contribution >= 0.6 is 0 Å². The highest BCUT2D eigenvalue weighted by molar-refractivity contribution is 4.80. The molecule has 2 heteroatoms. The molecule has 0 aliphatic rings. The quantitative estimate of drug-likeness (QED) is 0.610. The SMILES string of the molecule is CCC(N)(CC)CCCN. The highest BCUT2D eigenvalue weighted by Crippen LogP contribution is 2.16. The maximum absolute atomic E-state index is 6.03. The summed E-state index contributed by atoms with van der Waals surface area (Å²) in [6.07, 6.45) is 4.24. The fourth-order valence-electron chi connectivity index (χ4n) is 1.06. The van der Waals surface area contributed by atoms with Crippen molar-refractivity contribution in [2.75, 3.05) is 6.54 Å². The van der Waals surface area contributed by atoms with E-state index in [0.29, 0.717) is 0 Å². The van der Waals surface area contributed by atoms with E-state index in [9.17, 15) is 0 Å². The summed E-state index contributed by atoms with van der Waals surface area (Å²) >= 11 is 0. The van der Waals surface area contributed by atoms with E-state index in [0.717, 1.165) is 32.2 Å². The van der Waals surface area contributed by atoms with Crippen molar-refractivity contribution in [3.63, 3.8) is 0 Å². The van der Waals surface area contributed by atoms with Gasteiger partial charge in [0.15, 0.2) is 0 Å². The van der Waals surface area contributed by atoms with Gasteiger partial charge in [0.1, 0.15) is 0 Å².